The van der Waals surface area contributed by atoms with Gasteiger partial charge in [0.2, 0.25) is 10.0 Å². The third-order valence-electron chi connectivity index (χ3n) is 4.34. The van der Waals surface area contributed by atoms with Gasteiger partial charge in [-0.05, 0) is 55.3 Å². The normalized spacial score (nSPS) is 14.2. The van der Waals surface area contributed by atoms with Gasteiger partial charge in [-0.25, -0.2) is 8.42 Å². The van der Waals surface area contributed by atoms with Crippen LogP contribution < -0.4 is 14.8 Å². The fourth-order valence-electron chi connectivity index (χ4n) is 2.77. The first-order chi connectivity index (χ1) is 12.5. The third kappa shape index (κ3) is 3.43. The van der Waals surface area contributed by atoms with Crippen molar-refractivity contribution in [2.24, 2.45) is 0 Å². The van der Waals surface area contributed by atoms with Crippen LogP contribution in [0.4, 0.5) is 17.1 Å². The summed E-state index contributed by atoms with van der Waals surface area (Å²) in [6.45, 7) is 0. The van der Waals surface area contributed by atoms with Gasteiger partial charge >= 0.3 is 0 Å². The van der Waals surface area contributed by atoms with E-state index < -0.39 is 10.0 Å². The lowest BCUT2D eigenvalue weighted by molar-refractivity contribution is 0.415. The fourth-order valence-corrected chi connectivity index (χ4v) is 4.15. The van der Waals surface area contributed by atoms with E-state index in [2.05, 4.69) is 15.0 Å². The molecule has 1 saturated carbocycles. The highest BCUT2D eigenvalue weighted by Crippen LogP contribution is 2.31. The summed E-state index contributed by atoms with van der Waals surface area (Å²) < 4.78 is 31.9. The van der Waals surface area contributed by atoms with Crippen LogP contribution in [0.5, 0.6) is 5.75 Å². The fraction of sp³-hybridized carbons (Fsp3) is 0.211. The van der Waals surface area contributed by atoms with E-state index in [1.54, 1.807) is 25.4 Å². The summed E-state index contributed by atoms with van der Waals surface area (Å²) in [7, 11) is -1.61. The third-order valence-corrected chi connectivity index (χ3v) is 6.21. The monoisotopic (exact) mass is 369 g/mol. The zero-order valence-electron chi connectivity index (χ0n) is 14.3. The molecule has 2 N–H and O–H groups in total. The Bertz CT molecular complexity index is 1050. The number of hydrogen-bond donors (Lipinski definition) is 2. The van der Waals surface area contributed by atoms with Gasteiger partial charge in [0.25, 0.3) is 0 Å². The molecule has 0 aliphatic heterocycles. The van der Waals surface area contributed by atoms with Crippen LogP contribution in [0, 0.1) is 0 Å². The van der Waals surface area contributed by atoms with Gasteiger partial charge in [0.15, 0.2) is 0 Å². The number of ether oxygens (including phenoxy) is 1. The number of rotatable bonds is 6. The first-order valence-corrected chi connectivity index (χ1v) is 9.91. The zero-order valence-corrected chi connectivity index (χ0v) is 15.1. The number of sulfonamides is 1. The molecule has 1 heterocycles. The molecule has 0 radical (unpaired) electrons. The van der Waals surface area contributed by atoms with Crippen molar-refractivity contribution >= 4 is 38.0 Å². The van der Waals surface area contributed by atoms with Crippen molar-refractivity contribution in [3.8, 4) is 5.75 Å². The van der Waals surface area contributed by atoms with Crippen molar-refractivity contribution in [2.45, 2.75) is 18.1 Å². The molecule has 1 fully saturated rings. The number of nitrogens with zero attached hydrogens (tertiary/aromatic N) is 1. The number of anilines is 3. The molecule has 0 spiro atoms. The van der Waals surface area contributed by atoms with Gasteiger partial charge in [-0.1, -0.05) is 0 Å². The Morgan fingerprint density at radius 3 is 2.46 bits per heavy atom. The summed E-state index contributed by atoms with van der Waals surface area (Å²) in [5.74, 6) is 0.759. The SMILES string of the molecule is COc1ccc2c(Nc3ccc(NS(=O)(=O)C4CC4)cc3)ccnc2c1. The maximum absolute atomic E-state index is 12.0. The van der Waals surface area contributed by atoms with Crippen LogP contribution in [0.3, 0.4) is 0 Å². The Kier molecular flexibility index (Phi) is 4.16. The van der Waals surface area contributed by atoms with Crippen LogP contribution in [0.1, 0.15) is 12.8 Å². The van der Waals surface area contributed by atoms with Crippen molar-refractivity contribution < 1.29 is 13.2 Å². The number of methoxy groups -OCH3 is 1. The van der Waals surface area contributed by atoms with Crippen molar-refractivity contribution in [3.05, 3.63) is 54.7 Å². The van der Waals surface area contributed by atoms with Crippen molar-refractivity contribution in [3.63, 3.8) is 0 Å². The Balaban J connectivity index is 1.55. The minimum Gasteiger partial charge on any atom is -0.497 e. The standard InChI is InChI=1S/C19H19N3O3S/c1-25-15-6-9-17-18(10-11-20-19(17)12-15)21-13-2-4-14(5-3-13)22-26(23,24)16-7-8-16/h2-6,9-12,16,22H,7-8H2,1H3,(H,20,21). The number of pyridine rings is 1. The lowest BCUT2D eigenvalue weighted by Crippen LogP contribution is -2.17. The van der Waals surface area contributed by atoms with Crippen LogP contribution in [-0.4, -0.2) is 25.8 Å². The maximum atomic E-state index is 12.0. The second kappa shape index (κ2) is 6.49. The van der Waals surface area contributed by atoms with Crippen molar-refractivity contribution in [1.29, 1.82) is 0 Å². The average molecular weight is 369 g/mol. The molecule has 1 aliphatic carbocycles. The van der Waals surface area contributed by atoms with Crippen LogP contribution in [0.15, 0.2) is 54.7 Å². The molecule has 0 saturated heterocycles. The van der Waals surface area contributed by atoms with Crippen molar-refractivity contribution in [2.75, 3.05) is 17.1 Å². The molecule has 0 amide bonds. The number of benzene rings is 2. The van der Waals surface area contributed by atoms with E-state index in [0.717, 1.165) is 40.9 Å². The lowest BCUT2D eigenvalue weighted by Gasteiger charge is -2.12. The first kappa shape index (κ1) is 16.7. The van der Waals surface area contributed by atoms with Gasteiger partial charge in [-0.2, -0.15) is 0 Å². The Morgan fingerprint density at radius 2 is 1.77 bits per heavy atom. The first-order valence-electron chi connectivity index (χ1n) is 8.37. The van der Waals surface area contributed by atoms with Gasteiger partial charge in [0.05, 0.1) is 17.9 Å². The highest BCUT2D eigenvalue weighted by atomic mass is 32.2. The largest absolute Gasteiger partial charge is 0.497 e. The number of fused-ring (bicyclic) bond motifs is 1. The Labute approximate surface area is 152 Å². The van der Waals surface area contributed by atoms with Crippen LogP contribution in [0.25, 0.3) is 10.9 Å². The predicted octanol–water partition coefficient (Wildman–Crippen LogP) is 3.89. The van der Waals surface area contributed by atoms with E-state index in [9.17, 15) is 8.42 Å². The summed E-state index contributed by atoms with van der Waals surface area (Å²) in [5.41, 5.74) is 3.20. The van der Waals surface area contributed by atoms with Crippen molar-refractivity contribution in [1.82, 2.24) is 4.98 Å². The van der Waals surface area contributed by atoms with E-state index in [4.69, 9.17) is 4.74 Å². The minimum atomic E-state index is -3.24. The van der Waals surface area contributed by atoms with E-state index in [-0.39, 0.29) is 5.25 Å². The molecule has 6 nitrogen and oxygen atoms in total. The van der Waals surface area contributed by atoms with Crippen LogP contribution in [-0.2, 0) is 10.0 Å². The summed E-state index contributed by atoms with van der Waals surface area (Å²) in [5, 5.41) is 4.09. The topological polar surface area (TPSA) is 80.3 Å². The molecule has 2 aromatic carbocycles. The molecule has 0 atom stereocenters. The second-order valence-corrected chi connectivity index (χ2v) is 8.25. The van der Waals surface area contributed by atoms with Crippen LogP contribution >= 0.6 is 0 Å². The van der Waals surface area contributed by atoms with Gasteiger partial charge in [0.1, 0.15) is 5.75 Å². The number of nitrogens with one attached hydrogen (secondary N) is 2. The van der Waals surface area contributed by atoms with E-state index in [1.165, 1.54) is 0 Å². The number of aromatic nitrogens is 1. The highest BCUT2D eigenvalue weighted by Gasteiger charge is 2.35. The smallest absolute Gasteiger partial charge is 0.235 e. The molecule has 1 aliphatic rings. The Morgan fingerprint density at radius 1 is 1.04 bits per heavy atom. The molecular formula is C19H19N3O3S. The van der Waals surface area contributed by atoms with E-state index in [1.807, 2.05) is 36.4 Å². The minimum absolute atomic E-state index is 0.236. The molecular weight excluding hydrogens is 350 g/mol. The molecule has 0 bridgehead atoms. The van der Waals surface area contributed by atoms with Gasteiger partial charge in [0, 0.05) is 34.7 Å². The molecule has 3 aromatic rings. The average Bonchev–Trinajstić information content (AvgIpc) is 3.49. The molecule has 1 aromatic heterocycles. The van der Waals surface area contributed by atoms with Gasteiger partial charge < -0.3 is 10.1 Å². The predicted molar refractivity (Wildman–Crippen MR) is 104 cm³/mol. The van der Waals surface area contributed by atoms with Gasteiger partial charge in [-0.3, -0.25) is 9.71 Å². The molecule has 26 heavy (non-hydrogen) atoms. The zero-order chi connectivity index (χ0) is 18.1. The van der Waals surface area contributed by atoms with Gasteiger partial charge in [-0.15, -0.1) is 0 Å². The molecule has 0 unspecified atom stereocenters. The summed E-state index contributed by atoms with van der Waals surface area (Å²) >= 11 is 0. The van der Waals surface area contributed by atoms with Crippen LogP contribution in [0.2, 0.25) is 0 Å². The maximum Gasteiger partial charge on any atom is 0.235 e. The highest BCUT2D eigenvalue weighted by molar-refractivity contribution is 7.93. The quantitative estimate of drug-likeness (QED) is 0.689. The molecule has 7 heteroatoms. The Hall–Kier alpha value is -2.80. The second-order valence-electron chi connectivity index (χ2n) is 6.29. The summed E-state index contributed by atoms with van der Waals surface area (Å²) in [6, 6.07) is 14.9. The molecule has 4 rings (SSSR count). The van der Waals surface area contributed by atoms with E-state index >= 15 is 0 Å². The number of hydrogen-bond acceptors (Lipinski definition) is 5. The summed E-state index contributed by atoms with van der Waals surface area (Å²) in [4.78, 5) is 4.37. The lowest BCUT2D eigenvalue weighted by atomic mass is 10.1. The summed E-state index contributed by atoms with van der Waals surface area (Å²) in [6.07, 6.45) is 3.23. The molecule has 134 valence electrons. The van der Waals surface area contributed by atoms with E-state index in [0.29, 0.717) is 5.69 Å².